The van der Waals surface area contributed by atoms with Crippen LogP contribution in [0, 0.1) is 10.1 Å². The summed E-state index contributed by atoms with van der Waals surface area (Å²) in [4.78, 5) is 25.6. The van der Waals surface area contributed by atoms with Gasteiger partial charge in [0, 0.05) is 36.3 Å². The maximum Gasteiger partial charge on any atom is 0.273 e. The first-order chi connectivity index (χ1) is 14.0. The van der Waals surface area contributed by atoms with Gasteiger partial charge in [-0.25, -0.2) is 0 Å². The van der Waals surface area contributed by atoms with Gasteiger partial charge in [0.2, 0.25) is 0 Å². The third-order valence-electron chi connectivity index (χ3n) is 5.57. The summed E-state index contributed by atoms with van der Waals surface area (Å²) >= 11 is 0. The van der Waals surface area contributed by atoms with Crippen molar-refractivity contribution in [1.29, 1.82) is 0 Å². The van der Waals surface area contributed by atoms with Crippen molar-refractivity contribution in [2.45, 2.75) is 45.3 Å². The Morgan fingerprint density at radius 3 is 2.69 bits per heavy atom. The number of aryl methyl sites for hydroxylation is 1. The van der Waals surface area contributed by atoms with Gasteiger partial charge in [0.15, 0.2) is 0 Å². The first-order valence-corrected chi connectivity index (χ1v) is 10.0. The molecule has 0 unspecified atom stereocenters. The predicted octanol–water partition coefficient (Wildman–Crippen LogP) is 3.04. The van der Waals surface area contributed by atoms with E-state index in [0.717, 1.165) is 37.1 Å². The Hall–Kier alpha value is -2.77. The minimum absolute atomic E-state index is 0.0235. The van der Waals surface area contributed by atoms with Gasteiger partial charge in [-0.05, 0) is 43.0 Å². The molecule has 0 spiro atoms. The summed E-state index contributed by atoms with van der Waals surface area (Å²) in [5.41, 5.74) is 2.99. The lowest BCUT2D eigenvalue weighted by molar-refractivity contribution is -0.385. The highest BCUT2D eigenvalue weighted by Gasteiger charge is 2.24. The molecule has 0 radical (unpaired) electrons. The number of nitrogens with zero attached hydrogens (tertiary/aromatic N) is 2. The van der Waals surface area contributed by atoms with Gasteiger partial charge >= 0.3 is 0 Å². The van der Waals surface area contributed by atoms with E-state index in [0.29, 0.717) is 18.5 Å². The van der Waals surface area contributed by atoms with E-state index in [1.807, 2.05) is 31.2 Å². The van der Waals surface area contributed by atoms with E-state index in [1.165, 1.54) is 6.07 Å². The Kier molecular flexibility index (Phi) is 6.95. The van der Waals surface area contributed by atoms with Crippen LogP contribution in [0.2, 0.25) is 0 Å². The van der Waals surface area contributed by atoms with Crippen LogP contribution in [0.15, 0.2) is 42.5 Å². The van der Waals surface area contributed by atoms with Gasteiger partial charge < -0.3 is 10.4 Å². The second-order valence-corrected chi connectivity index (χ2v) is 7.35. The summed E-state index contributed by atoms with van der Waals surface area (Å²) in [5, 5.41) is 23.7. The Morgan fingerprint density at radius 2 is 2.00 bits per heavy atom. The molecule has 0 saturated carbocycles. The molecule has 0 bridgehead atoms. The van der Waals surface area contributed by atoms with Crippen molar-refractivity contribution < 1.29 is 14.8 Å². The second kappa shape index (κ2) is 9.62. The molecule has 1 aliphatic rings. The highest BCUT2D eigenvalue weighted by atomic mass is 16.6. The molecule has 3 rings (SSSR count). The summed E-state index contributed by atoms with van der Waals surface area (Å²) in [7, 11) is 0. The first kappa shape index (κ1) is 21.0. The molecule has 0 aliphatic carbocycles. The van der Waals surface area contributed by atoms with Crippen molar-refractivity contribution >= 4 is 11.6 Å². The first-order valence-electron chi connectivity index (χ1n) is 10.0. The van der Waals surface area contributed by atoms with E-state index < -0.39 is 4.92 Å². The van der Waals surface area contributed by atoms with E-state index in [-0.39, 0.29) is 29.8 Å². The van der Waals surface area contributed by atoms with E-state index in [4.69, 9.17) is 0 Å². The summed E-state index contributed by atoms with van der Waals surface area (Å²) in [5.74, 6) is -0.333. The number of nitro benzene ring substituents is 1. The minimum atomic E-state index is -0.446. The van der Waals surface area contributed by atoms with Crippen LogP contribution in [0.5, 0.6) is 0 Å². The summed E-state index contributed by atoms with van der Waals surface area (Å²) in [6, 6.07) is 12.7. The fourth-order valence-corrected chi connectivity index (χ4v) is 3.86. The van der Waals surface area contributed by atoms with Crippen LogP contribution >= 0.6 is 0 Å². The van der Waals surface area contributed by atoms with Gasteiger partial charge in [-0.15, -0.1) is 0 Å². The highest BCUT2D eigenvalue weighted by molar-refractivity contribution is 5.95. The van der Waals surface area contributed by atoms with Gasteiger partial charge in [0.25, 0.3) is 11.6 Å². The molecule has 29 heavy (non-hydrogen) atoms. The number of carbonyl (C=O) groups excluding carboxylic acids is 1. The number of likely N-dealkylation sites (tertiary alicyclic amines) is 1. The third kappa shape index (κ3) is 4.99. The predicted molar refractivity (Wildman–Crippen MR) is 111 cm³/mol. The van der Waals surface area contributed by atoms with Crippen LogP contribution in [-0.4, -0.2) is 40.0 Å². The lowest BCUT2D eigenvalue weighted by Crippen LogP contribution is -2.32. The smallest absolute Gasteiger partial charge is 0.273 e. The van der Waals surface area contributed by atoms with Crippen molar-refractivity contribution in [2.24, 2.45) is 0 Å². The van der Waals surface area contributed by atoms with Crippen LogP contribution in [0.1, 0.15) is 46.8 Å². The molecule has 2 N–H and O–H groups in total. The molecule has 154 valence electrons. The van der Waals surface area contributed by atoms with E-state index in [9.17, 15) is 20.0 Å². The molecule has 1 saturated heterocycles. The summed E-state index contributed by atoms with van der Waals surface area (Å²) in [6.07, 6.45) is 2.62. The Balaban J connectivity index is 1.69. The number of rotatable bonds is 8. The zero-order valence-electron chi connectivity index (χ0n) is 16.6. The van der Waals surface area contributed by atoms with Gasteiger partial charge in [-0.2, -0.15) is 0 Å². The molecule has 1 aliphatic heterocycles. The van der Waals surface area contributed by atoms with Crippen LogP contribution in [0.3, 0.4) is 0 Å². The van der Waals surface area contributed by atoms with Crippen LogP contribution in [0.4, 0.5) is 5.69 Å². The molecule has 7 nitrogen and oxygen atoms in total. The maximum atomic E-state index is 12.6. The Labute approximate surface area is 170 Å². The number of amides is 1. The fraction of sp³-hybridized carbons (Fsp3) is 0.409. The van der Waals surface area contributed by atoms with Crippen LogP contribution < -0.4 is 5.32 Å². The Bertz CT molecular complexity index is 884. The SMILES string of the molecule is CCc1ccc(C(=O)NCc2ccccc2CN2CCC[C@H]2CO)cc1[N+](=O)[O-]. The van der Waals surface area contributed by atoms with Crippen molar-refractivity contribution in [3.63, 3.8) is 0 Å². The van der Waals surface area contributed by atoms with Gasteiger partial charge in [0.1, 0.15) is 0 Å². The topological polar surface area (TPSA) is 95.7 Å². The largest absolute Gasteiger partial charge is 0.395 e. The maximum absolute atomic E-state index is 12.6. The lowest BCUT2D eigenvalue weighted by atomic mass is 10.0. The molecule has 2 aromatic carbocycles. The summed E-state index contributed by atoms with van der Waals surface area (Å²) < 4.78 is 0. The second-order valence-electron chi connectivity index (χ2n) is 7.35. The molecule has 0 aromatic heterocycles. The number of hydrogen-bond donors (Lipinski definition) is 2. The number of nitrogens with one attached hydrogen (secondary N) is 1. The fourth-order valence-electron chi connectivity index (χ4n) is 3.86. The van der Waals surface area contributed by atoms with Gasteiger partial charge in [-0.3, -0.25) is 19.8 Å². The van der Waals surface area contributed by atoms with Crippen molar-refractivity contribution in [2.75, 3.05) is 13.2 Å². The number of nitro groups is 1. The van der Waals surface area contributed by atoms with Crippen molar-refractivity contribution in [3.05, 3.63) is 74.8 Å². The number of aliphatic hydroxyl groups excluding tert-OH is 1. The molecule has 1 atom stereocenters. The molecule has 7 heteroatoms. The third-order valence-corrected chi connectivity index (χ3v) is 5.57. The van der Waals surface area contributed by atoms with Gasteiger partial charge in [0.05, 0.1) is 11.5 Å². The number of carbonyl (C=O) groups is 1. The molecule has 1 fully saturated rings. The summed E-state index contributed by atoms with van der Waals surface area (Å²) in [6.45, 7) is 4.04. The molecular weight excluding hydrogens is 370 g/mol. The zero-order valence-corrected chi connectivity index (χ0v) is 16.6. The highest BCUT2D eigenvalue weighted by Crippen LogP contribution is 2.22. The number of hydrogen-bond acceptors (Lipinski definition) is 5. The van der Waals surface area contributed by atoms with Gasteiger partial charge in [-0.1, -0.05) is 37.3 Å². The zero-order chi connectivity index (χ0) is 20.8. The quantitative estimate of drug-likeness (QED) is 0.527. The van der Waals surface area contributed by atoms with E-state index in [2.05, 4.69) is 10.2 Å². The van der Waals surface area contributed by atoms with Crippen LogP contribution in [0.25, 0.3) is 0 Å². The Morgan fingerprint density at radius 1 is 1.24 bits per heavy atom. The molecule has 1 heterocycles. The van der Waals surface area contributed by atoms with E-state index >= 15 is 0 Å². The van der Waals surface area contributed by atoms with Crippen molar-refractivity contribution in [1.82, 2.24) is 10.2 Å². The molecular formula is C22H27N3O4. The monoisotopic (exact) mass is 397 g/mol. The normalized spacial score (nSPS) is 16.7. The lowest BCUT2D eigenvalue weighted by Gasteiger charge is -2.24. The van der Waals surface area contributed by atoms with E-state index in [1.54, 1.807) is 12.1 Å². The average molecular weight is 397 g/mol. The standard InChI is InChI=1S/C22H27N3O4/c1-2-16-9-10-17(12-21(16)25(28)29)22(27)23-13-18-6-3-4-7-19(18)14-24-11-5-8-20(24)15-26/h3-4,6-7,9-10,12,20,26H,2,5,8,11,13-15H2,1H3,(H,23,27)/t20-/m0/s1. The minimum Gasteiger partial charge on any atom is -0.395 e. The average Bonchev–Trinajstić information content (AvgIpc) is 3.19. The van der Waals surface area contributed by atoms with Crippen LogP contribution in [-0.2, 0) is 19.5 Å². The molecule has 2 aromatic rings. The number of aliphatic hydroxyl groups is 1. The number of benzene rings is 2. The van der Waals surface area contributed by atoms with Crippen molar-refractivity contribution in [3.8, 4) is 0 Å². The molecule has 1 amide bonds.